The van der Waals surface area contributed by atoms with E-state index in [1.54, 1.807) is 7.11 Å². The topological polar surface area (TPSA) is 50.4 Å². The van der Waals surface area contributed by atoms with Crippen LogP contribution in [0.5, 0.6) is 0 Å². The molecule has 0 fully saturated rings. The maximum atomic E-state index is 11.5. The molecule has 1 aromatic carbocycles. The molecule has 0 saturated carbocycles. The molecular weight excluding hydrogens is 319 g/mol. The van der Waals surface area contributed by atoms with Gasteiger partial charge in [0.1, 0.15) is 0 Å². The smallest absolute Gasteiger partial charge is 0.238 e. The first-order valence-electron chi connectivity index (χ1n) is 4.97. The minimum absolute atomic E-state index is 0.0434. The molecule has 16 heavy (non-hydrogen) atoms. The fraction of sp³-hybridized carbons (Fsp3) is 0.364. The van der Waals surface area contributed by atoms with Gasteiger partial charge in [0.2, 0.25) is 5.91 Å². The van der Waals surface area contributed by atoms with E-state index in [4.69, 9.17) is 4.74 Å². The molecule has 0 saturated heterocycles. The van der Waals surface area contributed by atoms with Gasteiger partial charge in [0.05, 0.1) is 13.2 Å². The van der Waals surface area contributed by atoms with E-state index < -0.39 is 0 Å². The molecule has 0 radical (unpaired) electrons. The molecule has 1 amide bonds. The van der Waals surface area contributed by atoms with Gasteiger partial charge in [0.15, 0.2) is 0 Å². The summed E-state index contributed by atoms with van der Waals surface area (Å²) >= 11 is 2.21. The molecule has 88 valence electrons. The minimum atomic E-state index is -0.0434. The van der Waals surface area contributed by atoms with Gasteiger partial charge in [0, 0.05) is 22.9 Å². The lowest BCUT2D eigenvalue weighted by molar-refractivity contribution is -0.115. The van der Waals surface area contributed by atoms with Crippen molar-refractivity contribution < 1.29 is 9.53 Å². The summed E-state index contributed by atoms with van der Waals surface area (Å²) in [5, 5.41) is 5.79. The molecule has 0 atom stereocenters. The van der Waals surface area contributed by atoms with E-state index in [0.29, 0.717) is 19.7 Å². The maximum Gasteiger partial charge on any atom is 0.238 e. The van der Waals surface area contributed by atoms with Crippen molar-refractivity contribution in [3.63, 3.8) is 0 Å². The molecule has 5 heteroatoms. The summed E-state index contributed by atoms with van der Waals surface area (Å²) in [4.78, 5) is 11.5. The number of rotatable bonds is 6. The number of ether oxygens (including phenoxy) is 1. The molecule has 2 N–H and O–H groups in total. The largest absolute Gasteiger partial charge is 0.383 e. The number of amides is 1. The number of carbonyl (C=O) groups excluding carboxylic acids is 1. The minimum Gasteiger partial charge on any atom is -0.383 e. The molecule has 0 aromatic heterocycles. The van der Waals surface area contributed by atoms with Crippen LogP contribution in [0.25, 0.3) is 0 Å². The Labute approximate surface area is 109 Å². The van der Waals surface area contributed by atoms with Crippen molar-refractivity contribution in [3.05, 3.63) is 27.8 Å². The average Bonchev–Trinajstić information content (AvgIpc) is 2.24. The van der Waals surface area contributed by atoms with Gasteiger partial charge in [-0.25, -0.2) is 0 Å². The number of hydrogen-bond acceptors (Lipinski definition) is 3. The number of halogens is 1. The Morgan fingerprint density at radius 1 is 1.50 bits per heavy atom. The predicted molar refractivity (Wildman–Crippen MR) is 72.5 cm³/mol. The Kier molecular flexibility index (Phi) is 6.36. The zero-order valence-corrected chi connectivity index (χ0v) is 11.3. The summed E-state index contributed by atoms with van der Waals surface area (Å²) in [6.45, 7) is 1.58. The standard InChI is InChI=1S/C11H15IN2O2/c1-16-6-5-13-8-11(15)14-10-4-2-3-9(12)7-10/h2-4,7,13H,5-6,8H2,1H3,(H,14,15). The fourth-order valence-electron chi connectivity index (χ4n) is 1.15. The second-order valence-corrected chi connectivity index (χ2v) is 4.47. The van der Waals surface area contributed by atoms with Crippen LogP contribution in [0, 0.1) is 3.57 Å². The molecule has 0 heterocycles. The lowest BCUT2D eigenvalue weighted by Gasteiger charge is -2.06. The summed E-state index contributed by atoms with van der Waals surface area (Å²) in [6.07, 6.45) is 0. The Balaban J connectivity index is 2.29. The number of nitrogens with one attached hydrogen (secondary N) is 2. The van der Waals surface area contributed by atoms with Crippen LogP contribution in [-0.4, -0.2) is 32.7 Å². The third kappa shape index (κ3) is 5.43. The Bertz CT molecular complexity index is 345. The highest BCUT2D eigenvalue weighted by Crippen LogP contribution is 2.11. The van der Waals surface area contributed by atoms with Gasteiger partial charge < -0.3 is 15.4 Å². The number of anilines is 1. The second-order valence-electron chi connectivity index (χ2n) is 3.23. The summed E-state index contributed by atoms with van der Waals surface area (Å²) in [6, 6.07) is 7.69. The molecule has 0 spiro atoms. The van der Waals surface area contributed by atoms with Gasteiger partial charge in [-0.1, -0.05) is 6.07 Å². The Morgan fingerprint density at radius 2 is 2.31 bits per heavy atom. The fourth-order valence-corrected chi connectivity index (χ4v) is 1.69. The van der Waals surface area contributed by atoms with Crippen LogP contribution in [0.1, 0.15) is 0 Å². The number of benzene rings is 1. The predicted octanol–water partition coefficient (Wildman–Crippen LogP) is 1.47. The van der Waals surface area contributed by atoms with Crippen LogP contribution in [0.3, 0.4) is 0 Å². The summed E-state index contributed by atoms with van der Waals surface area (Å²) < 4.78 is 5.96. The molecular formula is C11H15IN2O2. The first kappa shape index (κ1) is 13.4. The number of hydrogen-bond donors (Lipinski definition) is 2. The third-order valence-corrected chi connectivity index (χ3v) is 2.55. The Hall–Kier alpha value is -0.660. The van der Waals surface area contributed by atoms with Crippen LogP contribution in [0.4, 0.5) is 5.69 Å². The van der Waals surface area contributed by atoms with Crippen LogP contribution in [0.15, 0.2) is 24.3 Å². The lowest BCUT2D eigenvalue weighted by atomic mass is 10.3. The van der Waals surface area contributed by atoms with E-state index in [9.17, 15) is 4.79 Å². The molecule has 1 aromatic rings. The average molecular weight is 334 g/mol. The van der Waals surface area contributed by atoms with Crippen molar-refractivity contribution in [3.8, 4) is 0 Å². The number of carbonyl (C=O) groups is 1. The zero-order valence-electron chi connectivity index (χ0n) is 9.13. The maximum absolute atomic E-state index is 11.5. The van der Waals surface area contributed by atoms with Crippen molar-refractivity contribution in [2.24, 2.45) is 0 Å². The first-order chi connectivity index (χ1) is 7.72. The SMILES string of the molecule is COCCNCC(=O)Nc1cccc(I)c1. The summed E-state index contributed by atoms with van der Waals surface area (Å²) in [5.41, 5.74) is 0.824. The van der Waals surface area contributed by atoms with E-state index in [1.807, 2.05) is 24.3 Å². The van der Waals surface area contributed by atoms with Gasteiger partial charge in [-0.2, -0.15) is 0 Å². The van der Waals surface area contributed by atoms with Crippen LogP contribution in [0.2, 0.25) is 0 Å². The molecule has 4 nitrogen and oxygen atoms in total. The molecule has 0 aliphatic heterocycles. The monoisotopic (exact) mass is 334 g/mol. The molecule has 1 rings (SSSR count). The molecule has 0 bridgehead atoms. The molecule has 0 aliphatic rings. The van der Waals surface area contributed by atoms with E-state index in [2.05, 4.69) is 33.2 Å². The van der Waals surface area contributed by atoms with Gasteiger partial charge in [-0.15, -0.1) is 0 Å². The highest BCUT2D eigenvalue weighted by Gasteiger charge is 2.01. The molecule has 0 unspecified atom stereocenters. The normalized spacial score (nSPS) is 10.1. The van der Waals surface area contributed by atoms with E-state index in [-0.39, 0.29) is 5.91 Å². The van der Waals surface area contributed by atoms with Crippen molar-refractivity contribution in [2.45, 2.75) is 0 Å². The zero-order chi connectivity index (χ0) is 11.8. The van der Waals surface area contributed by atoms with Gasteiger partial charge in [0.25, 0.3) is 0 Å². The summed E-state index contributed by atoms with van der Waals surface area (Å²) in [5.74, 6) is -0.0434. The first-order valence-corrected chi connectivity index (χ1v) is 6.05. The van der Waals surface area contributed by atoms with E-state index in [1.165, 1.54) is 0 Å². The van der Waals surface area contributed by atoms with Crippen LogP contribution < -0.4 is 10.6 Å². The van der Waals surface area contributed by atoms with Crippen molar-refractivity contribution in [1.82, 2.24) is 5.32 Å². The van der Waals surface area contributed by atoms with E-state index >= 15 is 0 Å². The molecule has 0 aliphatic carbocycles. The van der Waals surface area contributed by atoms with Crippen molar-refractivity contribution in [1.29, 1.82) is 0 Å². The highest BCUT2D eigenvalue weighted by molar-refractivity contribution is 14.1. The Morgan fingerprint density at radius 3 is 3.00 bits per heavy atom. The van der Waals surface area contributed by atoms with Gasteiger partial charge in [-0.05, 0) is 40.8 Å². The highest BCUT2D eigenvalue weighted by atomic mass is 127. The van der Waals surface area contributed by atoms with E-state index in [0.717, 1.165) is 9.26 Å². The quantitative estimate of drug-likeness (QED) is 0.612. The van der Waals surface area contributed by atoms with Gasteiger partial charge >= 0.3 is 0 Å². The second kappa shape index (κ2) is 7.59. The van der Waals surface area contributed by atoms with Crippen LogP contribution >= 0.6 is 22.6 Å². The van der Waals surface area contributed by atoms with Crippen LogP contribution in [-0.2, 0) is 9.53 Å². The third-order valence-electron chi connectivity index (χ3n) is 1.88. The lowest BCUT2D eigenvalue weighted by Crippen LogP contribution is -2.30. The van der Waals surface area contributed by atoms with Gasteiger partial charge in [-0.3, -0.25) is 4.79 Å². The number of methoxy groups -OCH3 is 1. The summed E-state index contributed by atoms with van der Waals surface area (Å²) in [7, 11) is 1.63. The van der Waals surface area contributed by atoms with Crippen molar-refractivity contribution >= 4 is 34.2 Å². The van der Waals surface area contributed by atoms with Crippen molar-refractivity contribution in [2.75, 3.05) is 32.1 Å².